The van der Waals surface area contributed by atoms with Gasteiger partial charge < -0.3 is 14.7 Å². The lowest BCUT2D eigenvalue weighted by Crippen LogP contribution is -2.52. The molecular weight excluding hydrogens is 486 g/mol. The third-order valence-corrected chi connectivity index (χ3v) is 8.11. The van der Waals surface area contributed by atoms with Crippen molar-refractivity contribution in [3.8, 4) is 11.1 Å². The highest BCUT2D eigenvalue weighted by atomic mass is 19.4. The zero-order valence-electron chi connectivity index (χ0n) is 19.8. The molecule has 4 nitrogen and oxygen atoms in total. The van der Waals surface area contributed by atoms with Crippen molar-refractivity contribution in [2.45, 2.75) is 55.5 Å². The zero-order chi connectivity index (χ0) is 25.9. The van der Waals surface area contributed by atoms with Crippen molar-refractivity contribution in [3.05, 3.63) is 94.8 Å². The number of hydrogen-bond donors (Lipinski definition) is 1. The Morgan fingerprint density at radius 2 is 1.49 bits per heavy atom. The number of fused-ring (bicyclic) bond motifs is 5. The number of nitrogens with zero attached hydrogens (tertiary/aromatic N) is 1. The first-order chi connectivity index (χ1) is 17.7. The molecule has 1 N–H and O–H groups in total. The fourth-order valence-corrected chi connectivity index (χ4v) is 6.61. The molecule has 3 aromatic rings. The quantitative estimate of drug-likeness (QED) is 0.403. The molecule has 1 amide bonds. The van der Waals surface area contributed by atoms with Crippen LogP contribution in [0.3, 0.4) is 0 Å². The molecule has 2 aliphatic heterocycles. The van der Waals surface area contributed by atoms with Crippen LogP contribution in [0.5, 0.6) is 0 Å². The van der Waals surface area contributed by atoms with Gasteiger partial charge in [0.05, 0.1) is 11.2 Å². The van der Waals surface area contributed by atoms with Gasteiger partial charge in [-0.3, -0.25) is 0 Å². The number of benzene rings is 3. The molecule has 3 aromatic carbocycles. The topological polar surface area (TPSA) is 49.8 Å². The SMILES string of the molecule is O=C(OCC1c2ccccc2-c2ccccc21)N1C2CCC1CC(O)(c1cccc(F)c1C(F)(F)F)C2. The van der Waals surface area contributed by atoms with Crippen LogP contribution in [0.15, 0.2) is 66.7 Å². The van der Waals surface area contributed by atoms with Gasteiger partial charge in [-0.05, 0) is 46.7 Å². The van der Waals surface area contributed by atoms with Gasteiger partial charge in [-0.1, -0.05) is 60.7 Å². The van der Waals surface area contributed by atoms with E-state index in [1.165, 1.54) is 6.07 Å². The van der Waals surface area contributed by atoms with E-state index in [1.54, 1.807) is 4.90 Å². The molecule has 0 radical (unpaired) electrons. The molecule has 192 valence electrons. The Labute approximate surface area is 211 Å². The van der Waals surface area contributed by atoms with Gasteiger partial charge in [0, 0.05) is 30.8 Å². The minimum atomic E-state index is -4.95. The average Bonchev–Trinajstić information content (AvgIpc) is 3.34. The number of halogens is 4. The molecule has 2 fully saturated rings. The van der Waals surface area contributed by atoms with Crippen molar-refractivity contribution in [1.82, 2.24) is 4.90 Å². The van der Waals surface area contributed by atoms with Crippen LogP contribution in [0, 0.1) is 5.82 Å². The maximum Gasteiger partial charge on any atom is 0.419 e. The molecule has 8 heteroatoms. The van der Waals surface area contributed by atoms with E-state index in [0.717, 1.165) is 34.4 Å². The predicted octanol–water partition coefficient (Wildman–Crippen LogP) is 6.61. The van der Waals surface area contributed by atoms with Crippen molar-refractivity contribution in [2.24, 2.45) is 0 Å². The number of carbonyl (C=O) groups excluding carboxylic acids is 1. The van der Waals surface area contributed by atoms with Gasteiger partial charge in [0.1, 0.15) is 12.4 Å². The van der Waals surface area contributed by atoms with Gasteiger partial charge >= 0.3 is 12.3 Å². The zero-order valence-corrected chi connectivity index (χ0v) is 19.8. The summed E-state index contributed by atoms with van der Waals surface area (Å²) in [6.07, 6.45) is -4.63. The Kier molecular flexibility index (Phi) is 5.56. The number of piperidine rings is 1. The van der Waals surface area contributed by atoms with Crippen molar-refractivity contribution in [2.75, 3.05) is 6.61 Å². The number of rotatable bonds is 3. The molecule has 2 saturated heterocycles. The molecule has 2 unspecified atom stereocenters. The summed E-state index contributed by atoms with van der Waals surface area (Å²) in [5.41, 5.74) is 0.585. The maximum atomic E-state index is 14.2. The minimum Gasteiger partial charge on any atom is -0.448 e. The van der Waals surface area contributed by atoms with E-state index in [2.05, 4.69) is 0 Å². The normalized spacial score (nSPS) is 24.6. The van der Waals surface area contributed by atoms with Crippen LogP contribution in [0.4, 0.5) is 22.4 Å². The summed E-state index contributed by atoms with van der Waals surface area (Å²) in [6, 6.07) is 18.0. The van der Waals surface area contributed by atoms with E-state index in [0.29, 0.717) is 12.8 Å². The fraction of sp³-hybridized carbons (Fsp3) is 0.345. The summed E-state index contributed by atoms with van der Waals surface area (Å²) in [5, 5.41) is 11.4. The van der Waals surface area contributed by atoms with Gasteiger partial charge in [0.25, 0.3) is 0 Å². The largest absolute Gasteiger partial charge is 0.448 e. The first kappa shape index (κ1) is 24.0. The standard InChI is InChI=1S/C29H25F4NO3/c30-25-11-5-10-24(26(25)29(31,32)33)28(36)14-17-12-13-18(15-28)34(17)27(35)37-16-23-21-8-3-1-6-19(21)20-7-2-4-9-22(20)23/h1-11,17-18,23,36H,12-16H2. The molecule has 2 heterocycles. The highest BCUT2D eigenvalue weighted by Crippen LogP contribution is 2.50. The van der Waals surface area contributed by atoms with E-state index in [9.17, 15) is 27.5 Å². The molecule has 1 aliphatic carbocycles. The highest BCUT2D eigenvalue weighted by molar-refractivity contribution is 5.79. The van der Waals surface area contributed by atoms with Crippen LogP contribution in [0.1, 0.15) is 53.9 Å². The van der Waals surface area contributed by atoms with E-state index in [1.807, 2.05) is 48.5 Å². The van der Waals surface area contributed by atoms with E-state index < -0.39 is 46.9 Å². The van der Waals surface area contributed by atoms with Gasteiger partial charge in [-0.15, -0.1) is 0 Å². The first-order valence-corrected chi connectivity index (χ1v) is 12.4. The average molecular weight is 512 g/mol. The van der Waals surface area contributed by atoms with Crippen LogP contribution in [0.25, 0.3) is 11.1 Å². The lowest BCUT2D eigenvalue weighted by atomic mass is 9.78. The lowest BCUT2D eigenvalue weighted by molar-refractivity contribution is -0.145. The van der Waals surface area contributed by atoms with Gasteiger partial charge in [0.15, 0.2) is 0 Å². The fourth-order valence-electron chi connectivity index (χ4n) is 6.61. The number of aliphatic hydroxyl groups is 1. The second kappa shape index (κ2) is 8.58. The van der Waals surface area contributed by atoms with Gasteiger partial charge in [0.2, 0.25) is 0 Å². The van der Waals surface area contributed by atoms with Crippen LogP contribution >= 0.6 is 0 Å². The summed E-state index contributed by atoms with van der Waals surface area (Å²) in [6.45, 7) is 0.134. The smallest absolute Gasteiger partial charge is 0.419 e. The van der Waals surface area contributed by atoms with Gasteiger partial charge in [-0.25, -0.2) is 9.18 Å². The second-order valence-corrected chi connectivity index (χ2v) is 10.2. The second-order valence-electron chi connectivity index (χ2n) is 10.2. The molecule has 0 saturated carbocycles. The summed E-state index contributed by atoms with van der Waals surface area (Å²) in [5.74, 6) is -1.53. The number of alkyl halides is 3. The Balaban J connectivity index is 1.21. The van der Waals surface area contributed by atoms with Crippen LogP contribution in [-0.2, 0) is 16.5 Å². The molecule has 6 rings (SSSR count). The Hall–Kier alpha value is -3.39. The number of hydrogen-bond acceptors (Lipinski definition) is 3. The van der Waals surface area contributed by atoms with Crippen molar-refractivity contribution in [3.63, 3.8) is 0 Å². The maximum absolute atomic E-state index is 14.2. The molecule has 2 atom stereocenters. The summed E-state index contributed by atoms with van der Waals surface area (Å²) >= 11 is 0. The molecule has 0 aromatic heterocycles. The minimum absolute atomic E-state index is 0.111. The molecule has 37 heavy (non-hydrogen) atoms. The van der Waals surface area contributed by atoms with Crippen LogP contribution in [-0.4, -0.2) is 34.8 Å². The number of carbonyl (C=O) groups is 1. The Morgan fingerprint density at radius 1 is 0.919 bits per heavy atom. The monoisotopic (exact) mass is 511 g/mol. The van der Waals surface area contributed by atoms with E-state index in [4.69, 9.17) is 4.74 Å². The third-order valence-electron chi connectivity index (χ3n) is 8.11. The summed E-state index contributed by atoms with van der Waals surface area (Å²) in [4.78, 5) is 14.8. The highest BCUT2D eigenvalue weighted by Gasteiger charge is 2.53. The molecule has 2 bridgehead atoms. The van der Waals surface area contributed by atoms with Gasteiger partial charge in [-0.2, -0.15) is 13.2 Å². The van der Waals surface area contributed by atoms with Crippen molar-refractivity contribution in [1.29, 1.82) is 0 Å². The Bertz CT molecular complexity index is 1310. The van der Waals surface area contributed by atoms with E-state index in [-0.39, 0.29) is 25.4 Å². The molecular formula is C29H25F4NO3. The Morgan fingerprint density at radius 3 is 2.05 bits per heavy atom. The molecule has 0 spiro atoms. The number of amides is 1. The van der Waals surface area contributed by atoms with E-state index >= 15 is 0 Å². The number of ether oxygens (including phenoxy) is 1. The van der Waals surface area contributed by atoms with Crippen LogP contribution < -0.4 is 0 Å². The lowest BCUT2D eigenvalue weighted by Gasteiger charge is -2.44. The first-order valence-electron chi connectivity index (χ1n) is 12.4. The van der Waals surface area contributed by atoms with Crippen molar-refractivity contribution < 1.29 is 32.2 Å². The summed E-state index contributed by atoms with van der Waals surface area (Å²) < 4.78 is 61.0. The third kappa shape index (κ3) is 3.89. The molecule has 3 aliphatic rings. The van der Waals surface area contributed by atoms with Crippen LogP contribution in [0.2, 0.25) is 0 Å². The summed E-state index contributed by atoms with van der Waals surface area (Å²) in [7, 11) is 0. The predicted molar refractivity (Wildman–Crippen MR) is 128 cm³/mol. The van der Waals surface area contributed by atoms with Crippen molar-refractivity contribution >= 4 is 6.09 Å².